The number of carbonyl (C=O) groups excluding carboxylic acids is 4. The molecule has 6 rings (SSSR count). The first-order valence-electron chi connectivity index (χ1n) is 16.9. The number of piperidine rings is 2. The van der Waals surface area contributed by atoms with E-state index in [1.807, 2.05) is 76.3 Å². The van der Waals surface area contributed by atoms with Crippen LogP contribution in [0.1, 0.15) is 45.0 Å². The fourth-order valence-electron chi connectivity index (χ4n) is 5.95. The molecule has 10 nitrogen and oxygen atoms in total. The van der Waals surface area contributed by atoms with Gasteiger partial charge in [0, 0.05) is 50.6 Å². The van der Waals surface area contributed by atoms with Crippen LogP contribution in [0.25, 0.3) is 0 Å². The molecule has 3 amide bonds. The first kappa shape index (κ1) is 39.4. The van der Waals surface area contributed by atoms with Gasteiger partial charge < -0.3 is 29.5 Å². The van der Waals surface area contributed by atoms with Crippen molar-refractivity contribution in [2.24, 2.45) is 11.8 Å². The van der Waals surface area contributed by atoms with E-state index in [4.69, 9.17) is 21.1 Å². The number of halogens is 1. The lowest BCUT2D eigenvalue weighted by molar-refractivity contribution is 0.0951. The number of nitrogens with zero attached hydrogens (tertiary/aromatic N) is 3. The summed E-state index contributed by atoms with van der Waals surface area (Å²) < 4.78 is 9.61. The number of benzene rings is 2. The second-order valence-electron chi connectivity index (χ2n) is 12.1. The summed E-state index contributed by atoms with van der Waals surface area (Å²) in [5, 5.41) is 6.77. The molecule has 2 aliphatic rings. The molecule has 2 aliphatic heterocycles. The SMILES string of the molecule is COC(=O)N1CCCC(CN(C(=O)c2cccs2)c2ccccc2)C1.COC(=O)N1CCCC(CNc2ccccc2)C1.O=C(Cl)c1cccs1. The highest BCUT2D eigenvalue weighted by molar-refractivity contribution is 7.14. The van der Waals surface area contributed by atoms with Crippen LogP contribution in [-0.4, -0.2) is 86.6 Å². The Hall–Kier alpha value is -4.39. The summed E-state index contributed by atoms with van der Waals surface area (Å²) in [6.45, 7) is 4.42. The molecular weight excluding hydrogens is 708 g/mol. The van der Waals surface area contributed by atoms with Crippen molar-refractivity contribution in [1.29, 1.82) is 0 Å². The molecule has 272 valence electrons. The van der Waals surface area contributed by atoms with E-state index in [1.165, 1.54) is 36.9 Å². The molecule has 4 aromatic rings. The average molecular weight is 753 g/mol. The zero-order valence-corrected chi connectivity index (χ0v) is 31.3. The summed E-state index contributed by atoms with van der Waals surface area (Å²) in [5.74, 6) is 0.742. The Kier molecular flexibility index (Phi) is 16.3. The second-order valence-corrected chi connectivity index (χ2v) is 14.3. The quantitative estimate of drug-likeness (QED) is 0.180. The van der Waals surface area contributed by atoms with E-state index in [0.717, 1.165) is 61.6 Å². The van der Waals surface area contributed by atoms with Crippen molar-refractivity contribution in [2.45, 2.75) is 25.7 Å². The maximum atomic E-state index is 13.0. The van der Waals surface area contributed by atoms with E-state index in [2.05, 4.69) is 17.4 Å². The maximum Gasteiger partial charge on any atom is 0.409 e. The lowest BCUT2D eigenvalue weighted by atomic mass is 9.97. The van der Waals surface area contributed by atoms with Crippen LogP contribution in [0.15, 0.2) is 95.7 Å². The van der Waals surface area contributed by atoms with Gasteiger partial charge >= 0.3 is 12.2 Å². The van der Waals surface area contributed by atoms with Crippen molar-refractivity contribution in [3.63, 3.8) is 0 Å². The van der Waals surface area contributed by atoms with Gasteiger partial charge in [0.1, 0.15) is 0 Å². The third-order valence-corrected chi connectivity index (χ3v) is 10.5. The first-order valence-corrected chi connectivity index (χ1v) is 19.0. The molecule has 0 bridgehead atoms. The van der Waals surface area contributed by atoms with E-state index < -0.39 is 0 Å². The minimum Gasteiger partial charge on any atom is -0.453 e. The second kappa shape index (κ2) is 21.1. The summed E-state index contributed by atoms with van der Waals surface area (Å²) in [5.41, 5.74) is 2.02. The summed E-state index contributed by atoms with van der Waals surface area (Å²) in [4.78, 5) is 53.2. The fourth-order valence-corrected chi connectivity index (χ4v) is 7.37. The van der Waals surface area contributed by atoms with Gasteiger partial charge in [-0.1, -0.05) is 48.5 Å². The van der Waals surface area contributed by atoms with Crippen molar-refractivity contribution in [3.8, 4) is 0 Å². The molecule has 2 unspecified atom stereocenters. The number of amides is 3. The van der Waals surface area contributed by atoms with Gasteiger partial charge in [-0.05, 0) is 96.3 Å². The molecule has 51 heavy (non-hydrogen) atoms. The number of nitrogens with one attached hydrogen (secondary N) is 1. The van der Waals surface area contributed by atoms with Crippen molar-refractivity contribution in [1.82, 2.24) is 9.80 Å². The number of likely N-dealkylation sites (tertiary alicyclic amines) is 2. The largest absolute Gasteiger partial charge is 0.453 e. The lowest BCUT2D eigenvalue weighted by Gasteiger charge is -2.35. The number of hydrogen-bond donors (Lipinski definition) is 1. The molecule has 0 radical (unpaired) electrons. The number of methoxy groups -OCH3 is 2. The molecule has 13 heteroatoms. The van der Waals surface area contributed by atoms with Crippen LogP contribution in [0, 0.1) is 11.8 Å². The van der Waals surface area contributed by atoms with Gasteiger partial charge in [-0.15, -0.1) is 22.7 Å². The van der Waals surface area contributed by atoms with Crippen LogP contribution in [-0.2, 0) is 9.47 Å². The van der Waals surface area contributed by atoms with Gasteiger partial charge in [0.15, 0.2) is 0 Å². The lowest BCUT2D eigenvalue weighted by Crippen LogP contribution is -2.45. The molecule has 2 aromatic heterocycles. The Morgan fingerprint density at radius 2 is 1.27 bits per heavy atom. The van der Waals surface area contributed by atoms with E-state index in [9.17, 15) is 19.2 Å². The molecule has 0 saturated carbocycles. The van der Waals surface area contributed by atoms with Gasteiger partial charge in [0.25, 0.3) is 11.1 Å². The third kappa shape index (κ3) is 12.7. The average Bonchev–Trinajstić information content (AvgIpc) is 3.93. The highest BCUT2D eigenvalue weighted by Crippen LogP contribution is 2.25. The van der Waals surface area contributed by atoms with Gasteiger partial charge in [0.2, 0.25) is 0 Å². The van der Waals surface area contributed by atoms with E-state index >= 15 is 0 Å². The van der Waals surface area contributed by atoms with Crippen LogP contribution in [0.5, 0.6) is 0 Å². The summed E-state index contributed by atoms with van der Waals surface area (Å²) >= 11 is 7.91. The molecule has 2 aromatic carbocycles. The highest BCUT2D eigenvalue weighted by Gasteiger charge is 2.29. The zero-order chi connectivity index (χ0) is 36.4. The van der Waals surface area contributed by atoms with Crippen molar-refractivity contribution >= 4 is 69.0 Å². The van der Waals surface area contributed by atoms with Crippen LogP contribution < -0.4 is 10.2 Å². The van der Waals surface area contributed by atoms with Crippen molar-refractivity contribution < 1.29 is 28.7 Å². The van der Waals surface area contributed by atoms with E-state index in [1.54, 1.807) is 21.9 Å². The number of carbonyl (C=O) groups is 4. The Morgan fingerprint density at radius 1 is 0.745 bits per heavy atom. The Morgan fingerprint density at radius 3 is 1.78 bits per heavy atom. The predicted molar refractivity (Wildman–Crippen MR) is 205 cm³/mol. The normalized spacial score (nSPS) is 16.7. The fraction of sp³-hybridized carbons (Fsp3) is 0.368. The van der Waals surface area contributed by atoms with Gasteiger partial charge in [0.05, 0.1) is 24.0 Å². The number of thiophene rings is 2. The standard InChI is InChI=1S/C19H22N2O3S.C14H20N2O2.C5H3ClOS/c1-24-19(23)20-11-5-7-15(13-20)14-21(16-8-3-2-4-9-16)18(22)17-10-6-12-25-17;1-18-14(17)16-9-5-6-12(11-16)10-15-13-7-3-2-4-8-13;6-5(7)4-2-1-3-8-4/h2-4,6,8-10,12,15H,5,7,11,13-14H2,1H3;2-4,7-8,12,15H,5-6,9-11H2,1H3;1-3H. The monoisotopic (exact) mass is 752 g/mol. The number of hydrogen-bond acceptors (Lipinski definition) is 9. The van der Waals surface area contributed by atoms with Crippen LogP contribution in [0.2, 0.25) is 0 Å². The smallest absolute Gasteiger partial charge is 0.409 e. The molecule has 2 saturated heterocycles. The topological polar surface area (TPSA) is 108 Å². The van der Waals surface area contributed by atoms with Gasteiger partial charge in [-0.2, -0.15) is 0 Å². The Balaban J connectivity index is 0.000000194. The van der Waals surface area contributed by atoms with Gasteiger partial charge in [-0.25, -0.2) is 9.59 Å². The molecule has 0 spiro atoms. The van der Waals surface area contributed by atoms with E-state index in [-0.39, 0.29) is 29.3 Å². The Bertz CT molecular complexity index is 1630. The van der Waals surface area contributed by atoms with Gasteiger partial charge in [-0.3, -0.25) is 9.59 Å². The number of para-hydroxylation sites is 2. The number of ether oxygens (including phenoxy) is 2. The zero-order valence-electron chi connectivity index (χ0n) is 28.9. The van der Waals surface area contributed by atoms with Crippen LogP contribution in [0.3, 0.4) is 0 Å². The summed E-state index contributed by atoms with van der Waals surface area (Å²) in [6, 6.07) is 27.1. The van der Waals surface area contributed by atoms with E-state index in [0.29, 0.717) is 30.4 Å². The molecule has 2 fully saturated rings. The van der Waals surface area contributed by atoms with Crippen LogP contribution in [0.4, 0.5) is 21.0 Å². The summed E-state index contributed by atoms with van der Waals surface area (Å²) in [6.07, 6.45) is 3.63. The minimum atomic E-state index is -0.375. The first-order chi connectivity index (χ1) is 24.8. The maximum absolute atomic E-state index is 13.0. The number of rotatable bonds is 8. The predicted octanol–water partition coefficient (Wildman–Crippen LogP) is 8.58. The Labute approximate surface area is 312 Å². The molecule has 4 heterocycles. The van der Waals surface area contributed by atoms with Crippen molar-refractivity contribution in [3.05, 3.63) is 105 Å². The third-order valence-electron chi connectivity index (χ3n) is 8.47. The minimum absolute atomic E-state index is 0.0105. The number of anilines is 2. The molecular formula is C38H45ClN4O6S2. The highest BCUT2D eigenvalue weighted by atomic mass is 35.5. The summed E-state index contributed by atoms with van der Waals surface area (Å²) in [7, 11) is 2.84. The molecule has 1 N–H and O–H groups in total. The van der Waals surface area contributed by atoms with Crippen LogP contribution >= 0.6 is 34.3 Å². The molecule has 2 atom stereocenters. The molecule has 0 aliphatic carbocycles. The van der Waals surface area contributed by atoms with Crippen molar-refractivity contribution in [2.75, 3.05) is 63.7 Å².